The van der Waals surface area contributed by atoms with Crippen molar-refractivity contribution >= 4 is 11.6 Å². The Bertz CT molecular complexity index is 1180. The molecular weight excluding hydrogens is 490 g/mol. The number of carbonyl (C=O) groups is 1. The minimum Gasteiger partial charge on any atom is -0.378 e. The van der Waals surface area contributed by atoms with Gasteiger partial charge in [-0.15, -0.1) is 0 Å². The van der Waals surface area contributed by atoms with Crippen LogP contribution in [0.15, 0.2) is 35.3 Å². The van der Waals surface area contributed by atoms with E-state index in [4.69, 9.17) is 0 Å². The number of nitrogens with one attached hydrogen (secondary N) is 3. The van der Waals surface area contributed by atoms with Crippen LogP contribution in [-0.4, -0.2) is 42.2 Å². The van der Waals surface area contributed by atoms with Crippen molar-refractivity contribution in [2.75, 3.05) is 18.4 Å². The zero-order valence-electron chi connectivity index (χ0n) is 19.3. The van der Waals surface area contributed by atoms with Crippen LogP contribution in [0.25, 0.3) is 0 Å². The number of rotatable bonds is 8. The highest BCUT2D eigenvalue weighted by atomic mass is 19.3. The summed E-state index contributed by atoms with van der Waals surface area (Å²) in [6.07, 6.45) is -5.81. The number of nitrogens with zero attached hydrogens (tertiary/aromatic N) is 1. The van der Waals surface area contributed by atoms with Crippen LogP contribution >= 0.6 is 0 Å². The van der Waals surface area contributed by atoms with E-state index in [0.717, 1.165) is 22.9 Å². The van der Waals surface area contributed by atoms with E-state index < -0.39 is 59.5 Å². The number of alkyl halides is 5. The molecule has 1 aliphatic carbocycles. The number of aromatic nitrogens is 1. The molecule has 1 aromatic heterocycles. The molecule has 2 aliphatic rings. The molecule has 0 bridgehead atoms. The van der Waals surface area contributed by atoms with E-state index in [1.807, 2.05) is 0 Å². The van der Waals surface area contributed by atoms with Crippen LogP contribution in [0.5, 0.6) is 0 Å². The van der Waals surface area contributed by atoms with Crippen molar-refractivity contribution in [1.82, 2.24) is 15.2 Å². The molecule has 196 valence electrons. The van der Waals surface area contributed by atoms with Crippen LogP contribution in [0.1, 0.15) is 60.1 Å². The fourth-order valence-electron chi connectivity index (χ4n) is 4.48. The number of carbonyl (C=O) groups excluding carboxylic acids is 1. The van der Waals surface area contributed by atoms with E-state index in [1.165, 1.54) is 19.1 Å². The van der Waals surface area contributed by atoms with E-state index in [0.29, 0.717) is 13.0 Å². The van der Waals surface area contributed by atoms with Crippen LogP contribution in [0, 0.1) is 5.82 Å². The largest absolute Gasteiger partial charge is 0.378 e. The number of benzene rings is 1. The smallest absolute Gasteiger partial charge is 0.266 e. The Kier molecular flexibility index (Phi) is 7.35. The monoisotopic (exact) mass is 516 g/mol. The minimum atomic E-state index is -3.06. The molecule has 0 spiro atoms. The molecule has 0 radical (unpaired) electrons. The van der Waals surface area contributed by atoms with E-state index in [-0.39, 0.29) is 36.2 Å². The average molecular weight is 516 g/mol. The van der Waals surface area contributed by atoms with Crippen LogP contribution in [-0.2, 0) is 5.54 Å². The molecule has 1 saturated carbocycles. The number of pyridine rings is 1. The van der Waals surface area contributed by atoms with Crippen molar-refractivity contribution in [1.29, 1.82) is 0 Å². The van der Waals surface area contributed by atoms with E-state index in [9.17, 15) is 35.9 Å². The third kappa shape index (κ3) is 4.95. The molecule has 1 saturated heterocycles. The Hall–Kier alpha value is -3.02. The summed E-state index contributed by atoms with van der Waals surface area (Å²) in [4.78, 5) is 26.0. The summed E-state index contributed by atoms with van der Waals surface area (Å²) in [5.74, 6) is -2.04. The van der Waals surface area contributed by atoms with Crippen molar-refractivity contribution < 1.29 is 31.1 Å². The molecule has 2 heterocycles. The second-order valence-corrected chi connectivity index (χ2v) is 9.22. The third-order valence-corrected chi connectivity index (χ3v) is 6.80. The maximum Gasteiger partial charge on any atom is 0.266 e. The summed E-state index contributed by atoms with van der Waals surface area (Å²) in [7, 11) is 0. The lowest BCUT2D eigenvalue weighted by molar-refractivity contribution is 0.0648. The molecule has 1 aromatic carbocycles. The number of anilines is 1. The lowest BCUT2D eigenvalue weighted by Crippen LogP contribution is -2.46. The third-order valence-electron chi connectivity index (χ3n) is 6.80. The first-order valence-corrected chi connectivity index (χ1v) is 11.6. The molecule has 2 aromatic rings. The Morgan fingerprint density at radius 1 is 1.19 bits per heavy atom. The zero-order valence-corrected chi connectivity index (χ0v) is 19.3. The Morgan fingerprint density at radius 3 is 2.50 bits per heavy atom. The molecule has 3 atom stereocenters. The van der Waals surface area contributed by atoms with Gasteiger partial charge in [0.2, 0.25) is 0 Å². The van der Waals surface area contributed by atoms with Crippen molar-refractivity contribution in [3.8, 4) is 0 Å². The highest BCUT2D eigenvalue weighted by Crippen LogP contribution is 2.48. The van der Waals surface area contributed by atoms with Gasteiger partial charge in [-0.3, -0.25) is 9.59 Å². The van der Waals surface area contributed by atoms with Gasteiger partial charge in [-0.05, 0) is 32.7 Å². The summed E-state index contributed by atoms with van der Waals surface area (Å²) in [6, 6.07) is 2.56. The quantitative estimate of drug-likeness (QED) is 0.458. The minimum absolute atomic E-state index is 0.0429. The molecule has 6 nitrogen and oxygen atoms in total. The number of halogens is 6. The number of hydrogen-bond acceptors (Lipinski definition) is 4. The normalized spacial score (nSPS) is 21.9. The predicted octanol–water partition coefficient (Wildman–Crippen LogP) is 4.28. The Morgan fingerprint density at radius 2 is 1.89 bits per heavy atom. The first kappa shape index (κ1) is 26.1. The van der Waals surface area contributed by atoms with Crippen LogP contribution < -0.4 is 21.5 Å². The first-order chi connectivity index (χ1) is 17.0. The summed E-state index contributed by atoms with van der Waals surface area (Å²) < 4.78 is 83.5. The topological polar surface area (TPSA) is 75.2 Å². The van der Waals surface area contributed by atoms with Gasteiger partial charge in [0.15, 0.2) is 0 Å². The summed E-state index contributed by atoms with van der Waals surface area (Å²) in [5, 5.41) is 8.21. The van der Waals surface area contributed by atoms with Gasteiger partial charge in [0.25, 0.3) is 24.3 Å². The van der Waals surface area contributed by atoms with Gasteiger partial charge in [-0.2, -0.15) is 0 Å². The lowest BCUT2D eigenvalue weighted by atomic mass is 10.0. The van der Waals surface area contributed by atoms with Crippen molar-refractivity contribution in [3.05, 3.63) is 63.3 Å². The lowest BCUT2D eigenvalue weighted by Gasteiger charge is -2.29. The molecule has 4 rings (SSSR count). The van der Waals surface area contributed by atoms with Gasteiger partial charge in [0.1, 0.15) is 17.5 Å². The van der Waals surface area contributed by atoms with Gasteiger partial charge in [0, 0.05) is 24.4 Å². The van der Waals surface area contributed by atoms with Crippen molar-refractivity contribution in [2.24, 2.45) is 0 Å². The highest BCUT2D eigenvalue weighted by molar-refractivity contribution is 5.99. The maximum atomic E-state index is 14.6. The molecule has 12 heteroatoms. The van der Waals surface area contributed by atoms with Crippen LogP contribution in [0.2, 0.25) is 0 Å². The molecule has 36 heavy (non-hydrogen) atoms. The summed E-state index contributed by atoms with van der Waals surface area (Å²) in [6.45, 7) is 1.92. The molecule has 2 fully saturated rings. The second kappa shape index (κ2) is 10.2. The highest BCUT2D eigenvalue weighted by Gasteiger charge is 2.53. The van der Waals surface area contributed by atoms with Gasteiger partial charge in [0.05, 0.1) is 28.9 Å². The van der Waals surface area contributed by atoms with E-state index in [1.54, 1.807) is 0 Å². The molecular formula is C24H26F6N4O2. The van der Waals surface area contributed by atoms with Gasteiger partial charge in [-0.25, -0.2) is 26.3 Å². The molecule has 1 aliphatic heterocycles. The SMILES string of the molecule is CC(NC(=O)c1cn(C2(C(F)F)CC2)c(=O)cc1N[C@@H]1CCNC[C@@H]1F)c1cccc(C(F)F)c1F. The summed E-state index contributed by atoms with van der Waals surface area (Å²) >= 11 is 0. The predicted molar refractivity (Wildman–Crippen MR) is 121 cm³/mol. The Balaban J connectivity index is 1.69. The molecule has 1 amide bonds. The number of amides is 1. The van der Waals surface area contributed by atoms with Crippen molar-refractivity contribution in [3.63, 3.8) is 0 Å². The Labute approximate surface area is 203 Å². The fraction of sp³-hybridized carbons (Fsp3) is 0.500. The second-order valence-electron chi connectivity index (χ2n) is 9.22. The average Bonchev–Trinajstić information content (AvgIpc) is 3.62. The van der Waals surface area contributed by atoms with E-state index >= 15 is 0 Å². The number of hydrogen-bond donors (Lipinski definition) is 3. The summed E-state index contributed by atoms with van der Waals surface area (Å²) in [5.41, 5.74) is -3.80. The number of piperidine rings is 1. The zero-order chi connectivity index (χ0) is 26.2. The molecule has 3 N–H and O–H groups in total. The first-order valence-electron chi connectivity index (χ1n) is 11.6. The van der Waals surface area contributed by atoms with Gasteiger partial charge in [-0.1, -0.05) is 18.2 Å². The van der Waals surface area contributed by atoms with Crippen molar-refractivity contribution in [2.45, 2.75) is 62.8 Å². The van der Waals surface area contributed by atoms with Gasteiger partial charge < -0.3 is 20.5 Å². The standard InChI is InChI=1S/C24H26F6N4O2/c1-12(13-3-2-4-14(20(13)26)21(27)28)32-22(36)15-11-34(24(6-7-24)23(29)30)19(35)9-18(15)33-17-5-8-31-10-16(17)25/h2-4,9,11-12,16-17,21,23,31,33H,5-8,10H2,1H3,(H,32,36)/t12?,16-,17+/m0/s1. The van der Waals surface area contributed by atoms with E-state index in [2.05, 4.69) is 16.0 Å². The van der Waals surface area contributed by atoms with Crippen LogP contribution in [0.4, 0.5) is 32.0 Å². The van der Waals surface area contributed by atoms with Crippen LogP contribution in [0.3, 0.4) is 0 Å². The maximum absolute atomic E-state index is 14.6. The molecule has 1 unspecified atom stereocenters. The fourth-order valence-corrected chi connectivity index (χ4v) is 4.48. The van der Waals surface area contributed by atoms with Gasteiger partial charge >= 0.3 is 0 Å².